The molecule has 2 amide bonds. The number of benzene rings is 3. The van der Waals surface area contributed by atoms with Crippen molar-refractivity contribution in [3.05, 3.63) is 101 Å². The summed E-state index contributed by atoms with van der Waals surface area (Å²) in [5.74, 6) is -0.440. The first-order chi connectivity index (χ1) is 19.4. The molecule has 8 heteroatoms. The van der Waals surface area contributed by atoms with E-state index in [2.05, 4.69) is 19.2 Å². The standard InChI is InChI=1S/C33H43N3O4S/c1-7-26(5)34-33(38)31(21-27-11-9-8-10-12-27)35(22-28-15-13-25(4)14-16-28)32(37)23-36(41(6,39)40)30-19-17-29(18-20-30)24(2)3/h8-20,24,26,31H,7,21-23H2,1-6H3,(H,34,38)/t26-,31-/m1/s1. The smallest absolute Gasteiger partial charge is 0.244 e. The lowest BCUT2D eigenvalue weighted by molar-refractivity contribution is -0.140. The highest BCUT2D eigenvalue weighted by atomic mass is 32.2. The van der Waals surface area contributed by atoms with Crippen LogP contribution in [0.2, 0.25) is 0 Å². The summed E-state index contributed by atoms with van der Waals surface area (Å²) in [5.41, 5.74) is 4.31. The summed E-state index contributed by atoms with van der Waals surface area (Å²) in [6.07, 6.45) is 2.13. The van der Waals surface area contributed by atoms with E-state index in [-0.39, 0.29) is 24.4 Å². The molecule has 0 spiro atoms. The van der Waals surface area contributed by atoms with Crippen LogP contribution in [0.4, 0.5) is 5.69 Å². The molecule has 3 aromatic rings. The molecular formula is C33H43N3O4S. The first-order valence-electron chi connectivity index (χ1n) is 14.2. The molecule has 2 atom stereocenters. The largest absolute Gasteiger partial charge is 0.352 e. The Hall–Kier alpha value is -3.65. The van der Waals surface area contributed by atoms with Gasteiger partial charge in [0.15, 0.2) is 0 Å². The van der Waals surface area contributed by atoms with E-state index in [1.54, 1.807) is 12.1 Å². The Labute approximate surface area is 245 Å². The predicted octanol–water partition coefficient (Wildman–Crippen LogP) is 5.44. The molecule has 3 aromatic carbocycles. The van der Waals surface area contributed by atoms with Crippen LogP contribution in [0.15, 0.2) is 78.9 Å². The van der Waals surface area contributed by atoms with Gasteiger partial charge in [-0.15, -0.1) is 0 Å². The average molecular weight is 578 g/mol. The molecule has 0 bridgehead atoms. The molecule has 0 aliphatic rings. The molecule has 41 heavy (non-hydrogen) atoms. The first-order valence-corrected chi connectivity index (χ1v) is 16.0. The zero-order valence-corrected chi connectivity index (χ0v) is 25.8. The molecular weight excluding hydrogens is 534 g/mol. The summed E-state index contributed by atoms with van der Waals surface area (Å²) >= 11 is 0. The highest BCUT2D eigenvalue weighted by Crippen LogP contribution is 2.23. The van der Waals surface area contributed by atoms with Crippen molar-refractivity contribution in [1.29, 1.82) is 0 Å². The van der Waals surface area contributed by atoms with Crippen LogP contribution in [0.25, 0.3) is 0 Å². The Morgan fingerprint density at radius 1 is 0.854 bits per heavy atom. The van der Waals surface area contributed by atoms with Crippen LogP contribution < -0.4 is 9.62 Å². The Balaban J connectivity index is 2.04. The van der Waals surface area contributed by atoms with Crippen LogP contribution in [0.1, 0.15) is 62.3 Å². The average Bonchev–Trinajstić information content (AvgIpc) is 2.94. The van der Waals surface area contributed by atoms with Crippen molar-refractivity contribution in [2.75, 3.05) is 17.1 Å². The predicted molar refractivity (Wildman–Crippen MR) is 166 cm³/mol. The number of carbonyl (C=O) groups excluding carboxylic acids is 2. The highest BCUT2D eigenvalue weighted by molar-refractivity contribution is 7.92. The van der Waals surface area contributed by atoms with E-state index < -0.39 is 28.5 Å². The number of nitrogens with zero attached hydrogens (tertiary/aromatic N) is 2. The Kier molecular flexibility index (Phi) is 11.1. The second-order valence-corrected chi connectivity index (χ2v) is 13.0. The number of rotatable bonds is 13. The number of hydrogen-bond donors (Lipinski definition) is 1. The fourth-order valence-corrected chi connectivity index (χ4v) is 5.37. The number of amides is 2. The summed E-state index contributed by atoms with van der Waals surface area (Å²) < 4.78 is 27.0. The van der Waals surface area contributed by atoms with E-state index in [1.165, 1.54) is 4.90 Å². The normalized spacial score (nSPS) is 13.0. The quantitative estimate of drug-likeness (QED) is 0.293. The Bertz CT molecular complexity index is 1390. The molecule has 0 fully saturated rings. The van der Waals surface area contributed by atoms with Gasteiger partial charge in [0, 0.05) is 19.0 Å². The maximum atomic E-state index is 14.2. The molecule has 3 rings (SSSR count). The maximum absolute atomic E-state index is 14.2. The zero-order chi connectivity index (χ0) is 30.2. The summed E-state index contributed by atoms with van der Waals surface area (Å²) in [4.78, 5) is 29.4. The Morgan fingerprint density at radius 2 is 1.46 bits per heavy atom. The molecule has 220 valence electrons. The molecule has 0 saturated carbocycles. The number of anilines is 1. The van der Waals surface area contributed by atoms with Gasteiger partial charge in [-0.3, -0.25) is 13.9 Å². The van der Waals surface area contributed by atoms with Gasteiger partial charge in [-0.25, -0.2) is 8.42 Å². The minimum Gasteiger partial charge on any atom is -0.352 e. The van der Waals surface area contributed by atoms with E-state index in [0.29, 0.717) is 12.1 Å². The van der Waals surface area contributed by atoms with Gasteiger partial charge < -0.3 is 10.2 Å². The van der Waals surface area contributed by atoms with E-state index in [4.69, 9.17) is 0 Å². The van der Waals surface area contributed by atoms with Crippen molar-refractivity contribution in [3.63, 3.8) is 0 Å². The lowest BCUT2D eigenvalue weighted by atomic mass is 10.0. The third kappa shape index (κ3) is 9.18. The van der Waals surface area contributed by atoms with Gasteiger partial charge in [0.25, 0.3) is 0 Å². The van der Waals surface area contributed by atoms with Crippen LogP contribution in [-0.4, -0.2) is 50.0 Å². The Morgan fingerprint density at radius 3 is 2.00 bits per heavy atom. The molecule has 0 aromatic heterocycles. The monoisotopic (exact) mass is 577 g/mol. The summed E-state index contributed by atoms with van der Waals surface area (Å²) in [6, 6.07) is 23.6. The lowest BCUT2D eigenvalue weighted by Gasteiger charge is -2.34. The van der Waals surface area contributed by atoms with Gasteiger partial charge in [0.1, 0.15) is 12.6 Å². The van der Waals surface area contributed by atoms with E-state index in [1.807, 2.05) is 87.5 Å². The molecule has 0 unspecified atom stereocenters. The van der Waals surface area contributed by atoms with Gasteiger partial charge in [-0.1, -0.05) is 93.1 Å². The van der Waals surface area contributed by atoms with Crippen molar-refractivity contribution in [3.8, 4) is 0 Å². The molecule has 0 radical (unpaired) electrons. The van der Waals surface area contributed by atoms with Crippen molar-refractivity contribution in [1.82, 2.24) is 10.2 Å². The van der Waals surface area contributed by atoms with Gasteiger partial charge in [0.2, 0.25) is 21.8 Å². The minimum absolute atomic E-state index is 0.0795. The maximum Gasteiger partial charge on any atom is 0.244 e. The molecule has 0 aliphatic heterocycles. The topological polar surface area (TPSA) is 86.8 Å². The molecule has 0 heterocycles. The number of nitrogens with one attached hydrogen (secondary N) is 1. The fourth-order valence-electron chi connectivity index (χ4n) is 4.52. The van der Waals surface area contributed by atoms with Gasteiger partial charge in [-0.05, 0) is 55.0 Å². The zero-order valence-electron chi connectivity index (χ0n) is 25.0. The molecule has 1 N–H and O–H groups in total. The molecule has 7 nitrogen and oxygen atoms in total. The summed E-state index contributed by atoms with van der Waals surface area (Å²) in [7, 11) is -3.80. The summed E-state index contributed by atoms with van der Waals surface area (Å²) in [5, 5.41) is 3.05. The molecule has 0 aliphatic carbocycles. The van der Waals surface area contributed by atoms with Crippen LogP contribution in [0.5, 0.6) is 0 Å². The third-order valence-corrected chi connectivity index (χ3v) is 8.41. The van der Waals surface area contributed by atoms with Crippen LogP contribution in [-0.2, 0) is 32.6 Å². The minimum atomic E-state index is -3.80. The first kappa shape index (κ1) is 31.9. The number of carbonyl (C=O) groups is 2. The van der Waals surface area contributed by atoms with Crippen LogP contribution in [0.3, 0.4) is 0 Å². The van der Waals surface area contributed by atoms with Gasteiger partial charge in [-0.2, -0.15) is 0 Å². The van der Waals surface area contributed by atoms with E-state index >= 15 is 0 Å². The van der Waals surface area contributed by atoms with E-state index in [9.17, 15) is 18.0 Å². The highest BCUT2D eigenvalue weighted by Gasteiger charge is 2.33. The number of aryl methyl sites for hydroxylation is 1. The van der Waals surface area contributed by atoms with Crippen molar-refractivity contribution in [2.24, 2.45) is 0 Å². The van der Waals surface area contributed by atoms with Gasteiger partial charge in [0.05, 0.1) is 11.9 Å². The van der Waals surface area contributed by atoms with Crippen LogP contribution in [0, 0.1) is 6.92 Å². The summed E-state index contributed by atoms with van der Waals surface area (Å²) in [6.45, 7) is 9.76. The van der Waals surface area contributed by atoms with Crippen molar-refractivity contribution in [2.45, 2.75) is 72.0 Å². The van der Waals surface area contributed by atoms with Crippen molar-refractivity contribution < 1.29 is 18.0 Å². The third-order valence-electron chi connectivity index (χ3n) is 7.27. The van der Waals surface area contributed by atoms with Crippen LogP contribution >= 0.6 is 0 Å². The number of hydrogen-bond acceptors (Lipinski definition) is 4. The van der Waals surface area contributed by atoms with E-state index in [0.717, 1.165) is 39.2 Å². The lowest BCUT2D eigenvalue weighted by Crippen LogP contribution is -2.54. The SMILES string of the molecule is CC[C@@H](C)NC(=O)[C@@H](Cc1ccccc1)N(Cc1ccc(C)cc1)C(=O)CN(c1ccc(C(C)C)cc1)S(C)(=O)=O. The van der Waals surface area contributed by atoms with Crippen molar-refractivity contribution >= 4 is 27.5 Å². The second-order valence-electron chi connectivity index (χ2n) is 11.0. The molecule has 0 saturated heterocycles. The fraction of sp³-hybridized carbons (Fsp3) is 0.394. The second kappa shape index (κ2) is 14.3. The number of sulfonamides is 1. The van der Waals surface area contributed by atoms with Gasteiger partial charge >= 0.3 is 0 Å².